The van der Waals surface area contributed by atoms with E-state index in [1.54, 1.807) is 6.07 Å². The van der Waals surface area contributed by atoms with Gasteiger partial charge in [-0.15, -0.1) is 0 Å². The van der Waals surface area contributed by atoms with E-state index in [4.69, 9.17) is 23.2 Å². The SMILES string of the molecule is C[C@@H]1C(=O)N(C2CNC2)C[C@H]1c1c(O)ccc(Cl)c1Cl. The summed E-state index contributed by atoms with van der Waals surface area (Å²) in [6.07, 6.45) is 0. The third-order valence-corrected chi connectivity index (χ3v) is 5.17. The van der Waals surface area contributed by atoms with Crippen molar-refractivity contribution in [2.45, 2.75) is 18.9 Å². The van der Waals surface area contributed by atoms with Crippen LogP contribution in [0.2, 0.25) is 10.0 Å². The molecular formula is C14H16Cl2N2O2. The molecule has 2 heterocycles. The van der Waals surface area contributed by atoms with Crippen molar-refractivity contribution in [2.24, 2.45) is 5.92 Å². The molecule has 108 valence electrons. The molecule has 2 fully saturated rings. The van der Waals surface area contributed by atoms with Crippen LogP contribution >= 0.6 is 23.2 Å². The molecule has 0 spiro atoms. The Kier molecular flexibility index (Phi) is 3.56. The Labute approximate surface area is 127 Å². The van der Waals surface area contributed by atoms with Gasteiger partial charge in [0.05, 0.1) is 16.1 Å². The van der Waals surface area contributed by atoms with Gasteiger partial charge in [0.2, 0.25) is 5.91 Å². The second kappa shape index (κ2) is 5.10. The van der Waals surface area contributed by atoms with Crippen LogP contribution < -0.4 is 5.32 Å². The summed E-state index contributed by atoms with van der Waals surface area (Å²) in [6, 6.07) is 3.36. The zero-order valence-corrected chi connectivity index (χ0v) is 12.6. The molecular weight excluding hydrogens is 299 g/mol. The van der Waals surface area contributed by atoms with Crippen LogP contribution in [0.1, 0.15) is 18.4 Å². The number of hydrogen-bond acceptors (Lipinski definition) is 3. The summed E-state index contributed by atoms with van der Waals surface area (Å²) in [7, 11) is 0. The predicted molar refractivity (Wildman–Crippen MR) is 78.4 cm³/mol. The van der Waals surface area contributed by atoms with Gasteiger partial charge in [0.15, 0.2) is 0 Å². The average Bonchev–Trinajstić information content (AvgIpc) is 2.62. The first-order valence-electron chi connectivity index (χ1n) is 6.68. The highest BCUT2D eigenvalue weighted by molar-refractivity contribution is 6.42. The summed E-state index contributed by atoms with van der Waals surface area (Å²) in [5, 5.41) is 14.0. The third-order valence-electron chi connectivity index (χ3n) is 4.35. The summed E-state index contributed by atoms with van der Waals surface area (Å²) in [5.41, 5.74) is 0.592. The Morgan fingerprint density at radius 2 is 2.05 bits per heavy atom. The van der Waals surface area contributed by atoms with E-state index >= 15 is 0 Å². The highest BCUT2D eigenvalue weighted by Gasteiger charge is 2.44. The van der Waals surface area contributed by atoms with Crippen molar-refractivity contribution in [3.05, 3.63) is 27.7 Å². The van der Waals surface area contributed by atoms with E-state index < -0.39 is 0 Å². The molecule has 6 heteroatoms. The van der Waals surface area contributed by atoms with Gasteiger partial charge in [-0.05, 0) is 12.1 Å². The van der Waals surface area contributed by atoms with Gasteiger partial charge in [0.1, 0.15) is 5.75 Å². The molecule has 0 bridgehead atoms. The van der Waals surface area contributed by atoms with Crippen LogP contribution in [0.3, 0.4) is 0 Å². The van der Waals surface area contributed by atoms with Crippen molar-refractivity contribution in [1.29, 1.82) is 0 Å². The summed E-state index contributed by atoms with van der Waals surface area (Å²) in [6.45, 7) is 4.14. The molecule has 2 aliphatic heterocycles. The number of halogens is 2. The van der Waals surface area contributed by atoms with Crippen molar-refractivity contribution in [3.63, 3.8) is 0 Å². The normalized spacial score (nSPS) is 26.9. The number of carbonyl (C=O) groups excluding carboxylic acids is 1. The Morgan fingerprint density at radius 1 is 1.35 bits per heavy atom. The third kappa shape index (κ3) is 2.07. The topological polar surface area (TPSA) is 52.6 Å². The number of nitrogens with zero attached hydrogens (tertiary/aromatic N) is 1. The monoisotopic (exact) mass is 314 g/mol. The highest BCUT2D eigenvalue weighted by Crippen LogP contribution is 2.44. The van der Waals surface area contributed by atoms with Crippen LogP contribution in [0.15, 0.2) is 12.1 Å². The van der Waals surface area contributed by atoms with Crippen molar-refractivity contribution in [2.75, 3.05) is 19.6 Å². The molecule has 3 rings (SSSR count). The average molecular weight is 315 g/mol. The summed E-state index contributed by atoms with van der Waals surface area (Å²) in [5.74, 6) is -0.0821. The van der Waals surface area contributed by atoms with Crippen LogP contribution in [0.4, 0.5) is 0 Å². The van der Waals surface area contributed by atoms with Crippen molar-refractivity contribution in [1.82, 2.24) is 10.2 Å². The Morgan fingerprint density at radius 3 is 2.65 bits per heavy atom. The van der Waals surface area contributed by atoms with E-state index in [9.17, 15) is 9.90 Å². The number of nitrogens with one attached hydrogen (secondary N) is 1. The van der Waals surface area contributed by atoms with Crippen LogP contribution in [-0.2, 0) is 4.79 Å². The van der Waals surface area contributed by atoms with E-state index in [1.807, 2.05) is 11.8 Å². The van der Waals surface area contributed by atoms with Gasteiger partial charge < -0.3 is 15.3 Å². The van der Waals surface area contributed by atoms with Crippen molar-refractivity contribution >= 4 is 29.1 Å². The fourth-order valence-corrected chi connectivity index (χ4v) is 3.43. The standard InChI is InChI=1S/C14H16Cl2N2O2/c1-7-9(6-18(14(7)20)8-4-17-5-8)12-11(19)3-2-10(15)13(12)16/h2-3,7-9,17,19H,4-6H2,1H3/t7-,9+/m0/s1. The molecule has 2 atom stereocenters. The number of hydrogen-bond donors (Lipinski definition) is 2. The molecule has 0 radical (unpaired) electrons. The lowest BCUT2D eigenvalue weighted by Gasteiger charge is -2.35. The quantitative estimate of drug-likeness (QED) is 0.880. The van der Waals surface area contributed by atoms with Crippen LogP contribution in [-0.4, -0.2) is 41.6 Å². The van der Waals surface area contributed by atoms with E-state index in [-0.39, 0.29) is 29.5 Å². The molecule has 20 heavy (non-hydrogen) atoms. The zero-order chi connectivity index (χ0) is 14.4. The molecule has 4 nitrogen and oxygen atoms in total. The summed E-state index contributed by atoms with van der Waals surface area (Å²) >= 11 is 12.3. The van der Waals surface area contributed by atoms with E-state index in [2.05, 4.69) is 5.32 Å². The second-order valence-corrected chi connectivity index (χ2v) is 6.28. The van der Waals surface area contributed by atoms with Crippen molar-refractivity contribution < 1.29 is 9.90 Å². The number of rotatable bonds is 2. The second-order valence-electron chi connectivity index (χ2n) is 5.49. The van der Waals surface area contributed by atoms with E-state index in [0.717, 1.165) is 13.1 Å². The maximum absolute atomic E-state index is 12.4. The molecule has 0 unspecified atom stereocenters. The molecule has 2 N–H and O–H groups in total. The molecule has 1 amide bonds. The van der Waals surface area contributed by atoms with E-state index in [1.165, 1.54) is 6.07 Å². The fraction of sp³-hybridized carbons (Fsp3) is 0.500. The molecule has 0 saturated carbocycles. The number of phenolic OH excluding ortho intramolecular Hbond substituents is 1. The minimum atomic E-state index is -0.197. The van der Waals surface area contributed by atoms with Gasteiger partial charge in [0, 0.05) is 37.0 Å². The van der Waals surface area contributed by atoms with Crippen molar-refractivity contribution in [3.8, 4) is 5.75 Å². The summed E-state index contributed by atoms with van der Waals surface area (Å²) < 4.78 is 0. The molecule has 1 aromatic rings. The zero-order valence-electron chi connectivity index (χ0n) is 11.1. The number of carbonyl (C=O) groups is 1. The Balaban J connectivity index is 1.95. The predicted octanol–water partition coefficient (Wildman–Crippen LogP) is 2.23. The number of likely N-dealkylation sites (tertiary alicyclic amines) is 1. The van der Waals surface area contributed by atoms with Crippen LogP contribution in [0, 0.1) is 5.92 Å². The van der Waals surface area contributed by atoms with Crippen LogP contribution in [0.25, 0.3) is 0 Å². The van der Waals surface area contributed by atoms with Gasteiger partial charge in [-0.2, -0.15) is 0 Å². The Bertz CT molecular complexity index is 560. The van der Waals surface area contributed by atoms with Gasteiger partial charge in [-0.25, -0.2) is 0 Å². The van der Waals surface area contributed by atoms with Gasteiger partial charge >= 0.3 is 0 Å². The minimum Gasteiger partial charge on any atom is -0.508 e. The van der Waals surface area contributed by atoms with Gasteiger partial charge in [-0.3, -0.25) is 4.79 Å². The number of benzene rings is 1. The molecule has 0 aromatic heterocycles. The highest BCUT2D eigenvalue weighted by atomic mass is 35.5. The van der Waals surface area contributed by atoms with Crippen LogP contribution in [0.5, 0.6) is 5.75 Å². The summed E-state index contributed by atoms with van der Waals surface area (Å²) in [4.78, 5) is 14.3. The first-order valence-corrected chi connectivity index (χ1v) is 7.44. The van der Waals surface area contributed by atoms with Gasteiger partial charge in [-0.1, -0.05) is 30.1 Å². The lowest BCUT2D eigenvalue weighted by Crippen LogP contribution is -2.57. The lowest BCUT2D eigenvalue weighted by atomic mass is 9.89. The number of amides is 1. The first-order chi connectivity index (χ1) is 9.50. The van der Waals surface area contributed by atoms with Gasteiger partial charge in [0.25, 0.3) is 0 Å². The largest absolute Gasteiger partial charge is 0.508 e. The molecule has 2 aliphatic rings. The fourth-order valence-electron chi connectivity index (χ4n) is 2.97. The minimum absolute atomic E-state index is 0.109. The maximum Gasteiger partial charge on any atom is 0.226 e. The smallest absolute Gasteiger partial charge is 0.226 e. The molecule has 1 aromatic carbocycles. The molecule has 0 aliphatic carbocycles. The maximum atomic E-state index is 12.4. The van der Waals surface area contributed by atoms with E-state index in [0.29, 0.717) is 22.2 Å². The number of aromatic hydroxyl groups is 1. The first kappa shape index (κ1) is 14.0. The number of phenols is 1. The Hall–Kier alpha value is -0.970. The molecule has 2 saturated heterocycles. The lowest BCUT2D eigenvalue weighted by molar-refractivity contribution is -0.133.